The van der Waals surface area contributed by atoms with Crippen molar-refractivity contribution in [2.45, 2.75) is 18.7 Å². The fraction of sp³-hybridized carbons (Fsp3) is 0.214. The van der Waals surface area contributed by atoms with Crippen LogP contribution in [0.5, 0.6) is 0 Å². The van der Waals surface area contributed by atoms with E-state index in [1.165, 1.54) is 12.4 Å². The van der Waals surface area contributed by atoms with Gasteiger partial charge in [-0.1, -0.05) is 6.07 Å². The van der Waals surface area contributed by atoms with Crippen molar-refractivity contribution in [2.75, 3.05) is 0 Å². The van der Waals surface area contributed by atoms with Crippen LogP contribution in [-0.2, 0) is 12.6 Å². The summed E-state index contributed by atoms with van der Waals surface area (Å²) >= 11 is 0. The van der Waals surface area contributed by atoms with E-state index < -0.39 is 29.2 Å². The summed E-state index contributed by atoms with van der Waals surface area (Å²) in [6.45, 7) is 0. The highest BCUT2D eigenvalue weighted by atomic mass is 19.4. The predicted octanol–water partition coefficient (Wildman–Crippen LogP) is 3.52. The van der Waals surface area contributed by atoms with Crippen molar-refractivity contribution in [1.29, 1.82) is 0 Å². The third-order valence-electron chi connectivity index (χ3n) is 2.83. The van der Waals surface area contributed by atoms with Gasteiger partial charge in [0, 0.05) is 18.8 Å². The highest BCUT2D eigenvalue weighted by Crippen LogP contribution is 2.35. The van der Waals surface area contributed by atoms with E-state index in [9.17, 15) is 22.7 Å². The Morgan fingerprint density at radius 3 is 2.55 bits per heavy atom. The molecule has 1 aromatic carbocycles. The van der Waals surface area contributed by atoms with E-state index in [-0.39, 0.29) is 6.42 Å². The summed E-state index contributed by atoms with van der Waals surface area (Å²) in [5, 5.41) is 9.95. The quantitative estimate of drug-likeness (QED) is 0.875. The van der Waals surface area contributed by atoms with Gasteiger partial charge in [-0.05, 0) is 35.4 Å². The van der Waals surface area contributed by atoms with Crippen LogP contribution in [-0.4, -0.2) is 10.1 Å². The Kier molecular flexibility index (Phi) is 4.04. The van der Waals surface area contributed by atoms with Crippen molar-refractivity contribution in [3.8, 4) is 0 Å². The Hall–Kier alpha value is -1.95. The molecular weight excluding hydrogens is 274 g/mol. The molecule has 1 heterocycles. The van der Waals surface area contributed by atoms with Crippen LogP contribution in [0.4, 0.5) is 17.6 Å². The average Bonchev–Trinajstić information content (AvgIpc) is 2.38. The number of aromatic nitrogens is 1. The molecule has 2 rings (SSSR count). The molecule has 0 amide bonds. The number of hydrogen-bond donors (Lipinski definition) is 1. The standard InChI is InChI=1S/C14H11F4NO/c15-10-3-4-12(14(16,17)18)11(7-10)13(20)6-9-2-1-5-19-8-9/h1-5,7-8,13,20H,6H2. The Morgan fingerprint density at radius 1 is 1.20 bits per heavy atom. The minimum atomic E-state index is -4.64. The van der Waals surface area contributed by atoms with Gasteiger partial charge >= 0.3 is 6.18 Å². The summed E-state index contributed by atoms with van der Waals surface area (Å²) in [5.41, 5.74) is -0.936. The molecule has 0 saturated carbocycles. The van der Waals surface area contributed by atoms with Crippen molar-refractivity contribution in [3.05, 3.63) is 65.2 Å². The lowest BCUT2D eigenvalue weighted by Crippen LogP contribution is -2.14. The second-order valence-electron chi connectivity index (χ2n) is 4.31. The normalized spacial score (nSPS) is 13.2. The molecular formula is C14H11F4NO. The fourth-order valence-electron chi connectivity index (χ4n) is 1.92. The molecule has 0 aliphatic rings. The molecule has 0 radical (unpaired) electrons. The first-order valence-corrected chi connectivity index (χ1v) is 5.81. The monoisotopic (exact) mass is 285 g/mol. The number of aliphatic hydroxyl groups is 1. The first kappa shape index (κ1) is 14.5. The largest absolute Gasteiger partial charge is 0.416 e. The van der Waals surface area contributed by atoms with Crippen LogP contribution in [0.1, 0.15) is 22.8 Å². The number of benzene rings is 1. The van der Waals surface area contributed by atoms with Gasteiger partial charge in [-0.3, -0.25) is 4.98 Å². The van der Waals surface area contributed by atoms with Gasteiger partial charge in [0.15, 0.2) is 0 Å². The number of alkyl halides is 3. The van der Waals surface area contributed by atoms with Gasteiger partial charge < -0.3 is 5.11 Å². The third kappa shape index (κ3) is 3.33. The Labute approximate surface area is 112 Å². The van der Waals surface area contributed by atoms with Crippen molar-refractivity contribution >= 4 is 0 Å². The molecule has 1 aromatic heterocycles. The summed E-state index contributed by atoms with van der Waals surface area (Å²) in [5.74, 6) is -0.821. The maximum atomic E-state index is 13.1. The third-order valence-corrected chi connectivity index (χ3v) is 2.83. The van der Waals surface area contributed by atoms with Crippen LogP contribution in [0, 0.1) is 5.82 Å². The average molecular weight is 285 g/mol. The molecule has 0 aliphatic carbocycles. The zero-order valence-corrected chi connectivity index (χ0v) is 10.2. The Morgan fingerprint density at radius 2 is 1.95 bits per heavy atom. The number of rotatable bonds is 3. The molecule has 6 heteroatoms. The molecule has 106 valence electrons. The van der Waals surface area contributed by atoms with E-state index in [4.69, 9.17) is 0 Å². The first-order chi connectivity index (χ1) is 9.38. The summed E-state index contributed by atoms with van der Waals surface area (Å²) in [7, 11) is 0. The number of halogens is 4. The summed E-state index contributed by atoms with van der Waals surface area (Å²) in [4.78, 5) is 3.81. The molecule has 0 saturated heterocycles. The summed E-state index contributed by atoms with van der Waals surface area (Å²) in [6, 6.07) is 5.31. The fourth-order valence-corrected chi connectivity index (χ4v) is 1.92. The maximum absolute atomic E-state index is 13.1. The van der Waals surface area contributed by atoms with Crippen LogP contribution < -0.4 is 0 Å². The molecule has 0 bridgehead atoms. The Balaban J connectivity index is 2.34. The number of nitrogens with zero attached hydrogens (tertiary/aromatic N) is 1. The second-order valence-corrected chi connectivity index (χ2v) is 4.31. The zero-order valence-electron chi connectivity index (χ0n) is 10.2. The van der Waals surface area contributed by atoms with Crippen LogP contribution >= 0.6 is 0 Å². The minimum absolute atomic E-state index is 0.0691. The van der Waals surface area contributed by atoms with Crippen LogP contribution in [0.3, 0.4) is 0 Å². The molecule has 0 aliphatic heterocycles. The van der Waals surface area contributed by atoms with Crippen molar-refractivity contribution in [3.63, 3.8) is 0 Å². The number of pyridine rings is 1. The van der Waals surface area contributed by atoms with Gasteiger partial charge in [-0.15, -0.1) is 0 Å². The van der Waals surface area contributed by atoms with E-state index in [2.05, 4.69) is 4.98 Å². The van der Waals surface area contributed by atoms with E-state index in [1.807, 2.05) is 0 Å². The molecule has 1 unspecified atom stereocenters. The minimum Gasteiger partial charge on any atom is -0.388 e. The van der Waals surface area contributed by atoms with E-state index in [1.54, 1.807) is 12.1 Å². The molecule has 2 aromatic rings. The molecule has 0 fully saturated rings. The molecule has 2 nitrogen and oxygen atoms in total. The molecule has 0 spiro atoms. The van der Waals surface area contributed by atoms with Crippen molar-refractivity contribution in [2.24, 2.45) is 0 Å². The number of hydrogen-bond acceptors (Lipinski definition) is 2. The second kappa shape index (κ2) is 5.58. The summed E-state index contributed by atoms with van der Waals surface area (Å²) < 4.78 is 51.6. The topological polar surface area (TPSA) is 33.1 Å². The van der Waals surface area contributed by atoms with Crippen LogP contribution in [0.15, 0.2) is 42.7 Å². The van der Waals surface area contributed by atoms with Crippen LogP contribution in [0.25, 0.3) is 0 Å². The highest BCUT2D eigenvalue weighted by Gasteiger charge is 2.35. The maximum Gasteiger partial charge on any atom is 0.416 e. The van der Waals surface area contributed by atoms with Crippen LogP contribution in [0.2, 0.25) is 0 Å². The van der Waals surface area contributed by atoms with E-state index in [0.717, 1.165) is 6.07 Å². The van der Waals surface area contributed by atoms with Gasteiger partial charge in [0.1, 0.15) is 5.82 Å². The van der Waals surface area contributed by atoms with Gasteiger partial charge in [-0.25, -0.2) is 4.39 Å². The SMILES string of the molecule is OC(Cc1cccnc1)c1cc(F)ccc1C(F)(F)F. The lowest BCUT2D eigenvalue weighted by molar-refractivity contribution is -0.139. The van der Waals surface area contributed by atoms with Crippen molar-refractivity contribution in [1.82, 2.24) is 4.98 Å². The zero-order chi connectivity index (χ0) is 14.8. The first-order valence-electron chi connectivity index (χ1n) is 5.81. The molecule has 20 heavy (non-hydrogen) atoms. The molecule has 1 atom stereocenters. The summed E-state index contributed by atoms with van der Waals surface area (Å²) in [6.07, 6.45) is -3.21. The van der Waals surface area contributed by atoms with Gasteiger partial charge in [0.05, 0.1) is 11.7 Å². The van der Waals surface area contributed by atoms with Gasteiger partial charge in [0.25, 0.3) is 0 Å². The van der Waals surface area contributed by atoms with Crippen molar-refractivity contribution < 1.29 is 22.7 Å². The highest BCUT2D eigenvalue weighted by molar-refractivity contribution is 5.33. The van der Waals surface area contributed by atoms with Gasteiger partial charge in [-0.2, -0.15) is 13.2 Å². The smallest absolute Gasteiger partial charge is 0.388 e. The number of aliphatic hydroxyl groups excluding tert-OH is 1. The Bertz CT molecular complexity index is 583. The lowest BCUT2D eigenvalue weighted by Gasteiger charge is -2.17. The lowest BCUT2D eigenvalue weighted by atomic mass is 9.97. The molecule has 1 N–H and O–H groups in total. The van der Waals surface area contributed by atoms with Gasteiger partial charge in [0.2, 0.25) is 0 Å². The van der Waals surface area contributed by atoms with E-state index >= 15 is 0 Å². The van der Waals surface area contributed by atoms with E-state index in [0.29, 0.717) is 17.7 Å². The predicted molar refractivity (Wildman–Crippen MR) is 64.3 cm³/mol.